The Hall–Kier alpha value is -3.51. The van der Waals surface area contributed by atoms with Gasteiger partial charge in [0.2, 0.25) is 0 Å². The zero-order chi connectivity index (χ0) is 21.2. The Morgan fingerprint density at radius 2 is 1.71 bits per heavy atom. The number of nitrogens with zero attached hydrogens (tertiary/aromatic N) is 5. The summed E-state index contributed by atoms with van der Waals surface area (Å²) in [6, 6.07) is 17.0. The molecular weight excluding hydrogens is 410 g/mol. The molecule has 0 saturated carbocycles. The van der Waals surface area contributed by atoms with Crippen molar-refractivity contribution in [2.45, 2.75) is 0 Å². The first-order valence-electron chi connectivity index (χ1n) is 10.1. The summed E-state index contributed by atoms with van der Waals surface area (Å²) in [5.41, 5.74) is 3.02. The van der Waals surface area contributed by atoms with Crippen molar-refractivity contribution in [3.63, 3.8) is 0 Å². The van der Waals surface area contributed by atoms with Crippen LogP contribution in [-0.2, 0) is 0 Å². The van der Waals surface area contributed by atoms with E-state index < -0.39 is 0 Å². The number of carbonyl (C=O) groups is 1. The SMILES string of the molecule is O=C(c1cc(-c2ccncc2)nc2ccc(Cl)cc12)N1CCN(c2ccccn2)CC1. The van der Waals surface area contributed by atoms with Crippen molar-refractivity contribution in [1.29, 1.82) is 0 Å². The predicted molar refractivity (Wildman–Crippen MR) is 122 cm³/mol. The molecule has 4 heterocycles. The van der Waals surface area contributed by atoms with Crippen LogP contribution in [0, 0.1) is 0 Å². The molecule has 1 aliphatic heterocycles. The minimum atomic E-state index is -0.00866. The zero-order valence-electron chi connectivity index (χ0n) is 16.8. The van der Waals surface area contributed by atoms with Crippen LogP contribution in [0.1, 0.15) is 10.4 Å². The van der Waals surface area contributed by atoms with Gasteiger partial charge in [-0.15, -0.1) is 0 Å². The van der Waals surface area contributed by atoms with Gasteiger partial charge in [0.15, 0.2) is 0 Å². The number of hydrogen-bond acceptors (Lipinski definition) is 5. The first-order valence-corrected chi connectivity index (χ1v) is 10.5. The van der Waals surface area contributed by atoms with E-state index in [1.807, 2.05) is 53.4 Å². The van der Waals surface area contributed by atoms with Crippen molar-refractivity contribution in [1.82, 2.24) is 19.9 Å². The van der Waals surface area contributed by atoms with E-state index in [9.17, 15) is 4.79 Å². The molecular formula is C24H20ClN5O. The molecule has 0 bridgehead atoms. The van der Waals surface area contributed by atoms with E-state index in [1.165, 1.54) is 0 Å². The van der Waals surface area contributed by atoms with Gasteiger partial charge in [0.1, 0.15) is 5.82 Å². The van der Waals surface area contributed by atoms with Crippen LogP contribution in [0.3, 0.4) is 0 Å². The monoisotopic (exact) mass is 429 g/mol. The molecule has 3 aromatic heterocycles. The Kier molecular flexibility index (Phi) is 5.22. The number of rotatable bonds is 3. The van der Waals surface area contributed by atoms with Gasteiger partial charge in [0.05, 0.1) is 16.8 Å². The lowest BCUT2D eigenvalue weighted by Gasteiger charge is -2.35. The number of fused-ring (bicyclic) bond motifs is 1. The molecule has 0 N–H and O–H groups in total. The smallest absolute Gasteiger partial charge is 0.254 e. The van der Waals surface area contributed by atoms with E-state index in [0.29, 0.717) is 23.7 Å². The molecule has 1 saturated heterocycles. The molecule has 4 aromatic rings. The highest BCUT2D eigenvalue weighted by atomic mass is 35.5. The molecule has 1 aromatic carbocycles. The zero-order valence-corrected chi connectivity index (χ0v) is 17.5. The molecule has 0 radical (unpaired) electrons. The standard InChI is InChI=1S/C24H20ClN5O/c25-18-4-5-21-19(15-18)20(16-22(28-21)17-6-9-26-10-7-17)24(31)30-13-11-29(12-14-30)23-3-1-2-8-27-23/h1-10,15-16H,11-14H2. The van der Waals surface area contributed by atoms with Crippen LogP contribution in [0.5, 0.6) is 0 Å². The van der Waals surface area contributed by atoms with Crippen LogP contribution in [0.25, 0.3) is 22.2 Å². The molecule has 1 aliphatic rings. The molecule has 6 nitrogen and oxygen atoms in total. The number of aromatic nitrogens is 3. The highest BCUT2D eigenvalue weighted by Gasteiger charge is 2.25. The second kappa shape index (κ2) is 8.32. The van der Waals surface area contributed by atoms with E-state index in [0.717, 1.165) is 41.1 Å². The van der Waals surface area contributed by atoms with Crippen molar-refractivity contribution in [2.24, 2.45) is 0 Å². The number of benzene rings is 1. The summed E-state index contributed by atoms with van der Waals surface area (Å²) in [6.45, 7) is 2.74. The number of piperazine rings is 1. The molecule has 1 amide bonds. The van der Waals surface area contributed by atoms with Gasteiger partial charge in [-0.1, -0.05) is 17.7 Å². The molecule has 31 heavy (non-hydrogen) atoms. The van der Waals surface area contributed by atoms with Crippen molar-refractivity contribution in [2.75, 3.05) is 31.1 Å². The Balaban J connectivity index is 1.47. The van der Waals surface area contributed by atoms with Gasteiger partial charge in [-0.25, -0.2) is 9.97 Å². The Labute approximate surface area is 185 Å². The van der Waals surface area contributed by atoms with Crippen molar-refractivity contribution >= 4 is 34.2 Å². The van der Waals surface area contributed by atoms with Crippen LogP contribution in [0.4, 0.5) is 5.82 Å². The number of carbonyl (C=O) groups excluding carboxylic acids is 1. The van der Waals surface area contributed by atoms with E-state index in [2.05, 4.69) is 14.9 Å². The third kappa shape index (κ3) is 3.94. The summed E-state index contributed by atoms with van der Waals surface area (Å²) in [4.78, 5) is 30.9. The van der Waals surface area contributed by atoms with Gasteiger partial charge in [-0.3, -0.25) is 9.78 Å². The summed E-state index contributed by atoms with van der Waals surface area (Å²) in [5, 5.41) is 1.35. The third-order valence-electron chi connectivity index (χ3n) is 5.52. The maximum Gasteiger partial charge on any atom is 0.254 e. The molecule has 154 valence electrons. The van der Waals surface area contributed by atoms with Crippen LogP contribution < -0.4 is 4.90 Å². The Morgan fingerprint density at radius 3 is 2.45 bits per heavy atom. The number of halogens is 1. The van der Waals surface area contributed by atoms with Gasteiger partial charge in [0.25, 0.3) is 5.91 Å². The lowest BCUT2D eigenvalue weighted by molar-refractivity contribution is 0.0748. The lowest BCUT2D eigenvalue weighted by Crippen LogP contribution is -2.49. The largest absolute Gasteiger partial charge is 0.353 e. The highest BCUT2D eigenvalue weighted by Crippen LogP contribution is 2.28. The second-order valence-corrected chi connectivity index (χ2v) is 7.86. The average molecular weight is 430 g/mol. The van der Waals surface area contributed by atoms with Gasteiger partial charge < -0.3 is 9.80 Å². The quantitative estimate of drug-likeness (QED) is 0.485. The normalized spacial score (nSPS) is 14.1. The fourth-order valence-electron chi connectivity index (χ4n) is 3.90. The van der Waals surface area contributed by atoms with Crippen molar-refractivity contribution in [3.8, 4) is 11.3 Å². The number of pyridine rings is 3. The fraction of sp³-hybridized carbons (Fsp3) is 0.167. The van der Waals surface area contributed by atoms with Gasteiger partial charge in [-0.05, 0) is 48.5 Å². The summed E-state index contributed by atoms with van der Waals surface area (Å²) >= 11 is 6.25. The van der Waals surface area contributed by atoms with Gasteiger partial charge >= 0.3 is 0 Å². The number of hydrogen-bond donors (Lipinski definition) is 0. The van der Waals surface area contributed by atoms with Crippen LogP contribution in [0.2, 0.25) is 5.02 Å². The maximum atomic E-state index is 13.6. The second-order valence-electron chi connectivity index (χ2n) is 7.42. The first-order chi connectivity index (χ1) is 15.2. The number of amides is 1. The Morgan fingerprint density at radius 1 is 0.903 bits per heavy atom. The summed E-state index contributed by atoms with van der Waals surface area (Å²) < 4.78 is 0. The van der Waals surface area contributed by atoms with Crippen LogP contribution in [-0.4, -0.2) is 51.9 Å². The minimum absolute atomic E-state index is 0.00866. The molecule has 7 heteroatoms. The molecule has 5 rings (SSSR count). The first kappa shape index (κ1) is 19.5. The maximum absolute atomic E-state index is 13.6. The van der Waals surface area contributed by atoms with Crippen molar-refractivity contribution in [3.05, 3.63) is 83.8 Å². The van der Waals surface area contributed by atoms with Crippen LogP contribution in [0.15, 0.2) is 73.2 Å². The summed E-state index contributed by atoms with van der Waals surface area (Å²) in [5.74, 6) is 0.932. The molecule has 1 fully saturated rings. The van der Waals surface area contributed by atoms with E-state index in [-0.39, 0.29) is 5.91 Å². The van der Waals surface area contributed by atoms with Crippen LogP contribution >= 0.6 is 11.6 Å². The fourth-order valence-corrected chi connectivity index (χ4v) is 4.07. The number of anilines is 1. The predicted octanol–water partition coefficient (Wildman–Crippen LogP) is 4.31. The Bertz CT molecular complexity index is 1220. The lowest BCUT2D eigenvalue weighted by atomic mass is 10.0. The summed E-state index contributed by atoms with van der Waals surface area (Å²) in [7, 11) is 0. The molecule has 0 spiro atoms. The molecule has 0 atom stereocenters. The molecule has 0 unspecified atom stereocenters. The van der Waals surface area contributed by atoms with E-state index in [4.69, 9.17) is 16.6 Å². The molecule has 0 aliphatic carbocycles. The van der Waals surface area contributed by atoms with Gasteiger partial charge in [-0.2, -0.15) is 0 Å². The van der Waals surface area contributed by atoms with Crippen molar-refractivity contribution < 1.29 is 4.79 Å². The highest BCUT2D eigenvalue weighted by molar-refractivity contribution is 6.31. The minimum Gasteiger partial charge on any atom is -0.353 e. The van der Waals surface area contributed by atoms with E-state index in [1.54, 1.807) is 24.7 Å². The third-order valence-corrected chi connectivity index (χ3v) is 5.75. The average Bonchev–Trinajstić information content (AvgIpc) is 2.84. The van der Waals surface area contributed by atoms with Gasteiger partial charge in [0, 0.05) is 60.7 Å². The topological polar surface area (TPSA) is 62.2 Å². The van der Waals surface area contributed by atoms with E-state index >= 15 is 0 Å². The summed E-state index contributed by atoms with van der Waals surface area (Å²) in [6.07, 6.45) is 5.24.